The molecule has 0 saturated carbocycles. The first-order valence-corrected chi connectivity index (χ1v) is 20.3. The molecule has 1 aliphatic rings. The van der Waals surface area contributed by atoms with E-state index in [2.05, 4.69) is 10.3 Å². The van der Waals surface area contributed by atoms with Crippen LogP contribution in [0.3, 0.4) is 0 Å². The van der Waals surface area contributed by atoms with Gasteiger partial charge in [-0.1, -0.05) is 28.0 Å². The number of rotatable bonds is 37. The van der Waals surface area contributed by atoms with E-state index in [0.29, 0.717) is 92.1 Å². The van der Waals surface area contributed by atoms with Gasteiger partial charge in [-0.3, -0.25) is 9.69 Å². The fourth-order valence-corrected chi connectivity index (χ4v) is 7.72. The van der Waals surface area contributed by atoms with Gasteiger partial charge in [-0.2, -0.15) is 0 Å². The summed E-state index contributed by atoms with van der Waals surface area (Å²) >= 11 is 0. The van der Waals surface area contributed by atoms with E-state index in [0.717, 1.165) is 23.0 Å². The summed E-state index contributed by atoms with van der Waals surface area (Å²) in [5.74, 6) is -3.40. The zero-order chi connectivity index (χ0) is 38.8. The van der Waals surface area contributed by atoms with Gasteiger partial charge in [-0.05, 0) is 50.8 Å². The topological polar surface area (TPSA) is 250 Å². The number of nitrogens with zero attached hydrogens (tertiary/aromatic N) is 2. The minimum Gasteiger partial charge on any atom is -0.862 e. The van der Waals surface area contributed by atoms with E-state index >= 15 is 0 Å². The minimum absolute atomic E-state index is 0. The average molecular weight is 820 g/mol. The summed E-state index contributed by atoms with van der Waals surface area (Å²) in [4.78, 5) is 49.7. The van der Waals surface area contributed by atoms with Crippen molar-refractivity contribution in [3.8, 4) is 0 Å². The third-order valence-electron chi connectivity index (χ3n) is 7.30. The monoisotopic (exact) mass is 819 g/mol. The summed E-state index contributed by atoms with van der Waals surface area (Å²) in [5.41, 5.74) is 0. The van der Waals surface area contributed by atoms with E-state index in [1.807, 2.05) is 21.6 Å². The van der Waals surface area contributed by atoms with Crippen LogP contribution in [0.4, 0.5) is 4.79 Å². The second-order valence-corrected chi connectivity index (χ2v) is 14.4. The third kappa shape index (κ3) is 37.6. The fraction of sp³-hybridized carbons (Fsp3) is 0.848. The van der Waals surface area contributed by atoms with Gasteiger partial charge in [-0.15, -0.1) is 0 Å². The number of aliphatic carboxylic acids is 3. The number of unbranched alkanes of at least 4 members (excludes halogenated alkanes) is 2. The van der Waals surface area contributed by atoms with Crippen molar-refractivity contribution in [3.05, 3.63) is 0 Å². The predicted molar refractivity (Wildman–Crippen MR) is 190 cm³/mol. The number of aliphatic imine (C=N–C) groups is 1. The molecule has 0 aliphatic carbocycles. The van der Waals surface area contributed by atoms with Crippen molar-refractivity contribution in [2.75, 3.05) is 118 Å². The van der Waals surface area contributed by atoms with Gasteiger partial charge in [0.25, 0.3) is 0 Å². The SMILES string of the molecule is O=C([O-])CN(CC(=O)[O-])[C@@H](CCCCNC(=O)OCCOCCOCCOCCOCCOCCOCCN=C([O-])CCCCC1CCSS1)C(=O)O.[Li+].[Li+].[Li+]. The number of hydrogen-bond acceptors (Lipinski definition) is 18. The van der Waals surface area contributed by atoms with Crippen LogP contribution in [0.15, 0.2) is 4.99 Å². The largest absolute Gasteiger partial charge is 1.00 e. The van der Waals surface area contributed by atoms with Gasteiger partial charge in [0.05, 0.1) is 97.8 Å². The van der Waals surface area contributed by atoms with E-state index in [9.17, 15) is 39.6 Å². The average Bonchev–Trinajstić information content (AvgIpc) is 3.63. The van der Waals surface area contributed by atoms with E-state index in [4.69, 9.17) is 33.2 Å². The number of carbonyl (C=O) groups is 4. The van der Waals surface area contributed by atoms with Crippen molar-refractivity contribution in [1.29, 1.82) is 0 Å². The fourth-order valence-electron chi connectivity index (χ4n) is 4.70. The molecule has 0 radical (unpaired) electrons. The van der Waals surface area contributed by atoms with Gasteiger partial charge >= 0.3 is 68.6 Å². The number of carboxylic acid groups (broad SMARTS) is 3. The summed E-state index contributed by atoms with van der Waals surface area (Å²) in [6, 6.07) is -1.36. The van der Waals surface area contributed by atoms with Crippen LogP contribution >= 0.6 is 21.6 Å². The molecule has 56 heavy (non-hydrogen) atoms. The molecule has 0 aromatic carbocycles. The number of amides is 1. The van der Waals surface area contributed by atoms with E-state index in [1.54, 1.807) is 0 Å². The number of carboxylic acids is 3. The molecule has 1 saturated heterocycles. The normalized spacial score (nSPS) is 14.3. The number of hydrogen-bond donors (Lipinski definition) is 2. The molecule has 2 N–H and O–H groups in total. The maximum absolute atomic E-state index is 11.8. The predicted octanol–water partition coefficient (Wildman–Crippen LogP) is -10.3. The summed E-state index contributed by atoms with van der Waals surface area (Å²) < 4.78 is 37.5. The quantitative estimate of drug-likeness (QED) is 0.0194. The zero-order valence-corrected chi connectivity index (χ0v) is 35.0. The summed E-state index contributed by atoms with van der Waals surface area (Å²) in [7, 11) is 3.92. The molecule has 1 aliphatic heterocycles. The molecule has 1 rings (SSSR count). The van der Waals surface area contributed by atoms with Crippen LogP contribution in [0.25, 0.3) is 0 Å². The Bertz CT molecular complexity index is 1010. The molecule has 18 nitrogen and oxygen atoms in total. The first-order chi connectivity index (χ1) is 25.7. The molecule has 1 fully saturated rings. The smallest absolute Gasteiger partial charge is 0.862 e. The molecule has 1 amide bonds. The molecule has 23 heteroatoms. The van der Waals surface area contributed by atoms with Gasteiger partial charge in [0, 0.05) is 30.6 Å². The maximum Gasteiger partial charge on any atom is 1.00 e. The Hall–Kier alpha value is -0.638. The Morgan fingerprint density at radius 2 is 1.21 bits per heavy atom. The zero-order valence-electron chi connectivity index (χ0n) is 33.4. The Balaban J connectivity index is -0.00000936. The number of carbonyl (C=O) groups excluding carboxylic acids is 3. The third-order valence-corrected chi connectivity index (χ3v) is 10.3. The number of nitrogens with one attached hydrogen (secondary N) is 1. The first kappa shape index (κ1) is 59.7. The molecular formula is C33H56Li3N3O15S2. The molecule has 0 aromatic rings. The number of alkyl carbamates (subject to hydrolysis) is 1. The van der Waals surface area contributed by atoms with Crippen LogP contribution < -0.4 is 77.2 Å². The minimum atomic E-state index is -1.61. The molecule has 0 aromatic heterocycles. The van der Waals surface area contributed by atoms with Crippen molar-refractivity contribution < 1.29 is 129 Å². The Kier molecular flexibility index (Phi) is 45.3. The molecule has 0 bridgehead atoms. The van der Waals surface area contributed by atoms with Gasteiger partial charge < -0.3 is 73.5 Å². The van der Waals surface area contributed by atoms with Crippen molar-refractivity contribution in [2.24, 2.45) is 4.99 Å². The van der Waals surface area contributed by atoms with Crippen LogP contribution in [-0.2, 0) is 47.5 Å². The van der Waals surface area contributed by atoms with Crippen LogP contribution in [0.1, 0.15) is 51.4 Å². The molecule has 308 valence electrons. The van der Waals surface area contributed by atoms with Crippen LogP contribution in [0.2, 0.25) is 0 Å². The van der Waals surface area contributed by atoms with Gasteiger partial charge in [0.1, 0.15) is 12.6 Å². The Morgan fingerprint density at radius 1 is 0.714 bits per heavy atom. The van der Waals surface area contributed by atoms with Crippen molar-refractivity contribution in [1.82, 2.24) is 10.2 Å². The summed E-state index contributed by atoms with van der Waals surface area (Å²) in [6.07, 6.45) is 4.86. The Morgan fingerprint density at radius 3 is 1.68 bits per heavy atom. The second kappa shape index (κ2) is 42.5. The number of ether oxygens (including phenoxy) is 7. The molecule has 1 unspecified atom stereocenters. The van der Waals surface area contributed by atoms with Crippen LogP contribution in [0, 0.1) is 0 Å². The van der Waals surface area contributed by atoms with Crippen molar-refractivity contribution >= 4 is 51.5 Å². The van der Waals surface area contributed by atoms with Crippen molar-refractivity contribution in [2.45, 2.75) is 62.7 Å². The van der Waals surface area contributed by atoms with E-state index < -0.39 is 43.1 Å². The van der Waals surface area contributed by atoms with Crippen LogP contribution in [0.5, 0.6) is 0 Å². The van der Waals surface area contributed by atoms with Gasteiger partial charge in [-0.25, -0.2) is 4.79 Å². The second-order valence-electron chi connectivity index (χ2n) is 11.6. The molecular weight excluding hydrogens is 763 g/mol. The molecule has 1 heterocycles. The van der Waals surface area contributed by atoms with Gasteiger partial charge in [0.2, 0.25) is 0 Å². The maximum atomic E-state index is 11.8. The van der Waals surface area contributed by atoms with E-state index in [1.165, 1.54) is 18.6 Å². The first-order valence-electron chi connectivity index (χ1n) is 17.9. The van der Waals surface area contributed by atoms with Gasteiger partial charge in [0.15, 0.2) is 0 Å². The van der Waals surface area contributed by atoms with Crippen LogP contribution in [-0.4, -0.2) is 169 Å². The molecule has 0 spiro atoms. The summed E-state index contributed by atoms with van der Waals surface area (Å²) in [6.45, 7) is 3.37. The van der Waals surface area contributed by atoms with E-state index in [-0.39, 0.29) is 95.1 Å². The van der Waals surface area contributed by atoms with Crippen molar-refractivity contribution in [3.63, 3.8) is 0 Å². The summed E-state index contributed by atoms with van der Waals surface area (Å²) in [5, 5.41) is 46.1. The molecule has 2 atom stereocenters. The Labute approximate surface area is 374 Å². The standard InChI is InChI=1S/C33H59N3O15S2.3Li/c37-29(7-2-1-5-27-8-24-52-53-27)34-10-11-45-12-13-46-14-15-47-16-17-48-18-19-49-20-21-50-22-23-51-33(44)35-9-4-3-6-28(32(42)43)36(25-30(38)39)26-31(40)41;;;/h27-28H,1-26H2,(H,34,37)(H,35,44)(H,38,39)(H,40,41)(H,42,43);;;/q;3*+1/p-3/t27?,28-;;;/m0.../s1.